The minimum atomic E-state index is -4.07. The van der Waals surface area contributed by atoms with Crippen LogP contribution in [0.4, 0.5) is 0 Å². The molecule has 0 aliphatic rings. The summed E-state index contributed by atoms with van der Waals surface area (Å²) in [5.41, 5.74) is 3.40. The number of benzene rings is 2. The largest absolute Gasteiger partial charge is 0.350 e. The zero-order valence-corrected chi connectivity index (χ0v) is 15.3. The van der Waals surface area contributed by atoms with E-state index >= 15 is 0 Å². The molecule has 0 saturated heterocycles. The summed E-state index contributed by atoms with van der Waals surface area (Å²) < 4.78 is 26.5. The molecule has 9 heteroatoms. The Morgan fingerprint density at radius 2 is 1.84 bits per heavy atom. The molecule has 6 nitrogen and oxygen atoms in total. The van der Waals surface area contributed by atoms with Crippen LogP contribution in [0.25, 0.3) is 10.9 Å². The van der Waals surface area contributed by atoms with Gasteiger partial charge in [-0.3, -0.25) is 10.2 Å². The number of hydrogen-bond donors (Lipinski definition) is 2. The summed E-state index contributed by atoms with van der Waals surface area (Å²) in [5, 5.41) is 0.920. The number of halogens is 2. The predicted molar refractivity (Wildman–Crippen MR) is 97.2 cm³/mol. The first-order valence-electron chi connectivity index (χ1n) is 7.11. The molecule has 3 rings (SSSR count). The van der Waals surface area contributed by atoms with Crippen molar-refractivity contribution in [2.45, 2.75) is 4.90 Å². The number of nitrogens with one attached hydrogen (secondary N) is 2. The van der Waals surface area contributed by atoms with Gasteiger partial charge >= 0.3 is 0 Å². The van der Waals surface area contributed by atoms with Crippen LogP contribution in [0.2, 0.25) is 10.0 Å². The molecule has 0 bridgehead atoms. The summed E-state index contributed by atoms with van der Waals surface area (Å²) in [7, 11) is -2.27. The average molecular weight is 398 g/mol. The molecule has 0 radical (unpaired) electrons. The Morgan fingerprint density at radius 1 is 1.12 bits per heavy atom. The van der Waals surface area contributed by atoms with E-state index in [0.29, 0.717) is 10.9 Å². The lowest BCUT2D eigenvalue weighted by Gasteiger charge is -2.09. The van der Waals surface area contributed by atoms with E-state index in [1.54, 1.807) is 29.9 Å². The van der Waals surface area contributed by atoms with E-state index in [9.17, 15) is 13.2 Å². The fraction of sp³-hybridized carbons (Fsp3) is 0.0625. The van der Waals surface area contributed by atoms with E-state index in [2.05, 4.69) is 5.43 Å². The van der Waals surface area contributed by atoms with Gasteiger partial charge in [0.1, 0.15) is 4.90 Å². The maximum absolute atomic E-state index is 12.4. The van der Waals surface area contributed by atoms with Gasteiger partial charge in [0.15, 0.2) is 0 Å². The van der Waals surface area contributed by atoms with Crippen LogP contribution in [-0.4, -0.2) is 18.9 Å². The lowest BCUT2D eigenvalue weighted by Crippen LogP contribution is -2.41. The van der Waals surface area contributed by atoms with Crippen molar-refractivity contribution < 1.29 is 13.2 Å². The Hall–Kier alpha value is -2.06. The third kappa shape index (κ3) is 3.50. The molecule has 0 fully saturated rings. The lowest BCUT2D eigenvalue weighted by molar-refractivity contribution is 0.0946. The molecule has 25 heavy (non-hydrogen) atoms. The van der Waals surface area contributed by atoms with Crippen LogP contribution in [-0.2, 0) is 17.1 Å². The smallest absolute Gasteiger partial charge is 0.268 e. The molecular weight excluding hydrogens is 385 g/mol. The van der Waals surface area contributed by atoms with E-state index in [0.717, 1.165) is 5.52 Å². The van der Waals surface area contributed by atoms with Gasteiger partial charge in [-0.05, 0) is 24.3 Å². The Bertz CT molecular complexity index is 1080. The lowest BCUT2D eigenvalue weighted by atomic mass is 10.2. The Morgan fingerprint density at radius 3 is 2.60 bits per heavy atom. The van der Waals surface area contributed by atoms with Gasteiger partial charge < -0.3 is 4.57 Å². The van der Waals surface area contributed by atoms with Crippen molar-refractivity contribution >= 4 is 50.0 Å². The van der Waals surface area contributed by atoms with Crippen LogP contribution in [0.5, 0.6) is 0 Å². The summed E-state index contributed by atoms with van der Waals surface area (Å²) in [4.78, 5) is 14.2. The number of aryl methyl sites for hydroxylation is 1. The summed E-state index contributed by atoms with van der Waals surface area (Å²) in [6.07, 6.45) is 1.63. The van der Waals surface area contributed by atoms with Crippen LogP contribution >= 0.6 is 23.2 Å². The van der Waals surface area contributed by atoms with Crippen LogP contribution in [0.1, 0.15) is 10.4 Å². The molecule has 1 amide bonds. The maximum atomic E-state index is 12.4. The van der Waals surface area contributed by atoms with Crippen LogP contribution in [0.15, 0.2) is 53.6 Å². The minimum absolute atomic E-state index is 0.00342. The van der Waals surface area contributed by atoms with Gasteiger partial charge in [0.05, 0.1) is 10.6 Å². The second kappa shape index (κ2) is 6.68. The van der Waals surface area contributed by atoms with Gasteiger partial charge in [0.2, 0.25) is 0 Å². The minimum Gasteiger partial charge on any atom is -0.350 e. The second-order valence-electron chi connectivity index (χ2n) is 5.31. The molecule has 0 aliphatic heterocycles. The van der Waals surface area contributed by atoms with Crippen LogP contribution in [0.3, 0.4) is 0 Å². The average Bonchev–Trinajstić information content (AvgIpc) is 2.92. The van der Waals surface area contributed by atoms with Crippen LogP contribution < -0.4 is 10.3 Å². The van der Waals surface area contributed by atoms with E-state index in [4.69, 9.17) is 23.2 Å². The topological polar surface area (TPSA) is 80.2 Å². The van der Waals surface area contributed by atoms with Gasteiger partial charge in [0, 0.05) is 29.2 Å². The van der Waals surface area contributed by atoms with Crippen molar-refractivity contribution in [1.29, 1.82) is 0 Å². The molecular formula is C16H13Cl2N3O3S. The fourth-order valence-corrected chi connectivity index (χ4v) is 4.04. The number of carbonyl (C=O) groups excluding carboxylic acids is 1. The molecule has 1 aromatic heterocycles. The number of rotatable bonds is 4. The summed E-state index contributed by atoms with van der Waals surface area (Å²) >= 11 is 11.7. The number of para-hydroxylation sites is 1. The number of amides is 1. The van der Waals surface area contributed by atoms with E-state index < -0.39 is 15.9 Å². The normalized spacial score (nSPS) is 11.6. The van der Waals surface area contributed by atoms with Gasteiger partial charge in [-0.25, -0.2) is 8.42 Å². The molecule has 3 aromatic rings. The third-order valence-electron chi connectivity index (χ3n) is 3.62. The van der Waals surface area contributed by atoms with Gasteiger partial charge in [-0.2, -0.15) is 0 Å². The number of aromatic nitrogens is 1. The third-order valence-corrected chi connectivity index (χ3v) is 5.59. The quantitative estimate of drug-likeness (QED) is 0.663. The summed E-state index contributed by atoms with van der Waals surface area (Å²) in [5.74, 6) is -0.585. The second-order valence-corrected chi connectivity index (χ2v) is 7.80. The standard InChI is InChI=1S/C16H13Cl2N3O3S/c1-21-9-12(11-4-2-3-5-14(11)21)16(22)19-20-25(23,24)15-8-10(17)6-7-13(15)18/h2-9,20H,1H3,(H,19,22). The van der Waals surface area contributed by atoms with Gasteiger partial charge in [-0.1, -0.05) is 41.4 Å². The number of carbonyl (C=O) groups is 1. The zero-order chi connectivity index (χ0) is 18.2. The summed E-state index contributed by atoms with van der Waals surface area (Å²) in [6, 6.07) is 11.3. The fourth-order valence-electron chi connectivity index (χ4n) is 2.44. The van der Waals surface area contributed by atoms with Gasteiger partial charge in [-0.15, -0.1) is 4.83 Å². The van der Waals surface area contributed by atoms with Crippen molar-refractivity contribution in [2.24, 2.45) is 7.05 Å². The van der Waals surface area contributed by atoms with Crippen molar-refractivity contribution in [1.82, 2.24) is 14.8 Å². The maximum Gasteiger partial charge on any atom is 0.268 e. The predicted octanol–water partition coefficient (Wildman–Crippen LogP) is 3.11. The first kappa shape index (κ1) is 17.8. The first-order valence-corrected chi connectivity index (χ1v) is 9.35. The number of nitrogens with zero attached hydrogens (tertiary/aromatic N) is 1. The molecule has 2 N–H and O–H groups in total. The SMILES string of the molecule is Cn1cc(C(=O)NNS(=O)(=O)c2cc(Cl)ccc2Cl)c2ccccc21. The molecule has 0 unspecified atom stereocenters. The van der Waals surface area contributed by atoms with Crippen molar-refractivity contribution in [3.05, 3.63) is 64.3 Å². The number of hydrazine groups is 1. The number of hydrogen-bond acceptors (Lipinski definition) is 3. The van der Waals surface area contributed by atoms with Crippen molar-refractivity contribution in [3.8, 4) is 0 Å². The zero-order valence-electron chi connectivity index (χ0n) is 13.0. The van der Waals surface area contributed by atoms with Crippen molar-refractivity contribution in [2.75, 3.05) is 0 Å². The Balaban J connectivity index is 1.85. The molecule has 0 aliphatic carbocycles. The molecule has 0 spiro atoms. The molecule has 2 aromatic carbocycles. The highest BCUT2D eigenvalue weighted by atomic mass is 35.5. The number of fused-ring (bicyclic) bond motifs is 1. The van der Waals surface area contributed by atoms with E-state index in [-0.39, 0.29) is 14.9 Å². The Labute approximate surface area is 154 Å². The van der Waals surface area contributed by atoms with E-state index in [1.165, 1.54) is 18.2 Å². The monoisotopic (exact) mass is 397 g/mol. The highest BCUT2D eigenvalue weighted by Crippen LogP contribution is 2.24. The highest BCUT2D eigenvalue weighted by molar-refractivity contribution is 7.89. The molecule has 0 atom stereocenters. The van der Waals surface area contributed by atoms with Crippen molar-refractivity contribution in [3.63, 3.8) is 0 Å². The highest BCUT2D eigenvalue weighted by Gasteiger charge is 2.21. The van der Waals surface area contributed by atoms with Crippen LogP contribution in [0, 0.1) is 0 Å². The number of sulfonamides is 1. The molecule has 0 saturated carbocycles. The summed E-state index contributed by atoms with van der Waals surface area (Å²) in [6.45, 7) is 0. The molecule has 1 heterocycles. The Kier molecular flexibility index (Phi) is 4.75. The van der Waals surface area contributed by atoms with Gasteiger partial charge in [0.25, 0.3) is 15.9 Å². The van der Waals surface area contributed by atoms with E-state index in [1.807, 2.05) is 17.0 Å². The molecule has 130 valence electrons. The first-order chi connectivity index (χ1) is 11.8.